The Labute approximate surface area is 187 Å². The molecule has 29 heavy (non-hydrogen) atoms. The summed E-state index contributed by atoms with van der Waals surface area (Å²) in [6, 6.07) is 6.14. The van der Waals surface area contributed by atoms with Crippen molar-refractivity contribution in [1.82, 2.24) is 0 Å². The average molecular weight is 453 g/mol. The second-order valence-electron chi connectivity index (χ2n) is 10.9. The summed E-state index contributed by atoms with van der Waals surface area (Å²) in [5.41, 5.74) is 1.37. The van der Waals surface area contributed by atoms with Gasteiger partial charge >= 0.3 is 0 Å². The molecule has 0 bridgehead atoms. The first-order valence-electron chi connectivity index (χ1n) is 11.8. The van der Waals surface area contributed by atoms with Gasteiger partial charge in [-0.15, -0.1) is 19.7 Å². The number of hydrogen-bond donors (Lipinski definition) is 0. The predicted octanol–water partition coefficient (Wildman–Crippen LogP) is 9.27. The number of hydrogen-bond acceptors (Lipinski definition) is 1. The molecule has 2 atom stereocenters. The first-order valence-corrected chi connectivity index (χ1v) is 20.3. The van der Waals surface area contributed by atoms with Gasteiger partial charge in [-0.3, -0.25) is 0 Å². The summed E-state index contributed by atoms with van der Waals surface area (Å²) >= 11 is 0. The minimum Gasteiger partial charge on any atom is -0.455 e. The summed E-state index contributed by atoms with van der Waals surface area (Å²) in [4.78, 5) is 0. The molecule has 0 saturated heterocycles. The fourth-order valence-electron chi connectivity index (χ4n) is 4.93. The van der Waals surface area contributed by atoms with E-state index in [1.165, 1.54) is 36.6 Å². The Balaban J connectivity index is 5.37. The molecule has 0 spiro atoms. The van der Waals surface area contributed by atoms with Gasteiger partial charge in [0.15, 0.2) is 16.6 Å². The van der Waals surface area contributed by atoms with Gasteiger partial charge in [0, 0.05) is 0 Å². The fourth-order valence-corrected chi connectivity index (χ4v) is 20.3. The molecule has 0 aromatic heterocycles. The largest absolute Gasteiger partial charge is 0.455 e. The van der Waals surface area contributed by atoms with Crippen molar-refractivity contribution in [1.29, 1.82) is 0 Å². The van der Waals surface area contributed by atoms with E-state index in [9.17, 15) is 0 Å². The van der Waals surface area contributed by atoms with Gasteiger partial charge < -0.3 is 4.12 Å². The smallest absolute Gasteiger partial charge is 0.182 e. The van der Waals surface area contributed by atoms with Crippen LogP contribution in [0.4, 0.5) is 0 Å². The molecule has 4 heteroatoms. The molecule has 0 aliphatic rings. The second kappa shape index (κ2) is 12.6. The Hall–Kier alpha value is -0.169. The van der Waals surface area contributed by atoms with Crippen molar-refractivity contribution < 1.29 is 4.12 Å². The zero-order valence-corrected chi connectivity index (χ0v) is 24.3. The Morgan fingerprint density at radius 2 is 1.07 bits per heavy atom. The molecule has 0 rings (SSSR count). The molecule has 0 fully saturated rings. The number of allylic oxidation sites excluding steroid dienone is 3. The van der Waals surface area contributed by atoms with E-state index in [0.717, 1.165) is 0 Å². The molecular formula is C25H52OSi3. The Morgan fingerprint density at radius 1 is 0.690 bits per heavy atom. The topological polar surface area (TPSA) is 9.23 Å². The lowest BCUT2D eigenvalue weighted by atomic mass is 10.1. The third-order valence-electron chi connectivity index (χ3n) is 7.52. The minimum absolute atomic E-state index is 0.683. The molecule has 2 unspecified atom stereocenters. The molecule has 0 aromatic rings. The first kappa shape index (κ1) is 28.8. The van der Waals surface area contributed by atoms with Crippen molar-refractivity contribution in [2.24, 2.45) is 11.8 Å². The molecule has 0 N–H and O–H groups in total. The Kier molecular flexibility index (Phi) is 12.6. The van der Waals surface area contributed by atoms with Crippen LogP contribution in [0.5, 0.6) is 0 Å². The molecule has 0 radical (unpaired) electrons. The zero-order chi connectivity index (χ0) is 22.9. The van der Waals surface area contributed by atoms with Gasteiger partial charge in [-0.1, -0.05) is 72.2 Å². The normalized spacial score (nSPS) is 17.1. The molecule has 1 nitrogen and oxygen atoms in total. The van der Waals surface area contributed by atoms with E-state index >= 15 is 0 Å². The van der Waals surface area contributed by atoms with Crippen molar-refractivity contribution in [2.75, 3.05) is 0 Å². The summed E-state index contributed by atoms with van der Waals surface area (Å²) in [6.07, 6.45) is 7.70. The predicted molar refractivity (Wildman–Crippen MR) is 144 cm³/mol. The van der Waals surface area contributed by atoms with Gasteiger partial charge in [-0.25, -0.2) is 0 Å². The van der Waals surface area contributed by atoms with E-state index in [1.54, 1.807) is 0 Å². The van der Waals surface area contributed by atoms with E-state index in [1.807, 2.05) is 0 Å². The highest BCUT2D eigenvalue weighted by atomic mass is 28.4. The second-order valence-corrected chi connectivity index (χ2v) is 24.7. The van der Waals surface area contributed by atoms with Crippen LogP contribution in [0.25, 0.3) is 0 Å². The van der Waals surface area contributed by atoms with Crippen LogP contribution in [0, 0.1) is 11.8 Å². The van der Waals surface area contributed by atoms with Gasteiger partial charge in [-0.05, 0) is 66.7 Å². The van der Waals surface area contributed by atoms with Crippen LogP contribution in [0.1, 0.15) is 48.0 Å². The van der Waals surface area contributed by atoms with Crippen LogP contribution in [-0.4, -0.2) is 24.7 Å². The lowest BCUT2D eigenvalue weighted by Crippen LogP contribution is -2.53. The molecule has 0 aromatic carbocycles. The van der Waals surface area contributed by atoms with E-state index in [4.69, 9.17) is 4.12 Å². The zero-order valence-electron chi connectivity index (χ0n) is 21.3. The molecule has 170 valence electrons. The highest BCUT2D eigenvalue weighted by molar-refractivity contribution is 6.87. The van der Waals surface area contributed by atoms with Crippen LogP contribution < -0.4 is 0 Å². The van der Waals surface area contributed by atoms with Crippen LogP contribution in [0.2, 0.25) is 60.9 Å². The fraction of sp³-hybridized carbons (Fsp3) is 0.760. The molecule has 0 aliphatic carbocycles. The average Bonchev–Trinajstić information content (AvgIpc) is 2.60. The lowest BCUT2D eigenvalue weighted by Gasteiger charge is -2.47. The van der Waals surface area contributed by atoms with E-state index in [2.05, 4.69) is 99.1 Å². The van der Waals surface area contributed by atoms with Crippen LogP contribution in [0.15, 0.2) is 38.0 Å². The first-order chi connectivity index (χ1) is 13.3. The molecular weight excluding hydrogens is 401 g/mol. The monoisotopic (exact) mass is 452 g/mol. The van der Waals surface area contributed by atoms with Crippen molar-refractivity contribution in [2.45, 2.75) is 109 Å². The molecule has 0 saturated carbocycles. The van der Waals surface area contributed by atoms with E-state index in [-0.39, 0.29) is 0 Å². The van der Waals surface area contributed by atoms with Crippen LogP contribution in [-0.2, 0) is 4.12 Å². The standard InChI is InChI=1S/C25H52OSi3/c1-13-17-29(18-14-2,19-15-3)21-16-20-27(10,11)26-28(12,24(8)22(4)5)25(9)23(6)7/h13-15,22-25H,1-3,16-21H2,4-12H3. The quantitative estimate of drug-likeness (QED) is 0.167. The van der Waals surface area contributed by atoms with Crippen molar-refractivity contribution in [3.8, 4) is 0 Å². The van der Waals surface area contributed by atoms with Crippen molar-refractivity contribution in [3.63, 3.8) is 0 Å². The summed E-state index contributed by atoms with van der Waals surface area (Å²) < 4.78 is 7.30. The maximum absolute atomic E-state index is 7.30. The molecule has 0 heterocycles. The van der Waals surface area contributed by atoms with Gasteiger partial charge in [0.1, 0.15) is 0 Å². The summed E-state index contributed by atoms with van der Waals surface area (Å²) in [5, 5.41) is 0. The summed E-state index contributed by atoms with van der Waals surface area (Å²) in [5.74, 6) is 1.37. The Bertz CT molecular complexity index is 470. The Morgan fingerprint density at radius 3 is 1.38 bits per heavy atom. The minimum atomic E-state index is -1.83. The van der Waals surface area contributed by atoms with E-state index in [0.29, 0.717) is 22.9 Å². The molecule has 0 amide bonds. The third-order valence-corrected chi connectivity index (χ3v) is 22.9. The lowest BCUT2D eigenvalue weighted by molar-refractivity contribution is 0.425. The van der Waals surface area contributed by atoms with Crippen molar-refractivity contribution in [3.05, 3.63) is 38.0 Å². The van der Waals surface area contributed by atoms with Crippen LogP contribution in [0.3, 0.4) is 0 Å². The van der Waals surface area contributed by atoms with Gasteiger partial charge in [-0.2, -0.15) is 0 Å². The molecule has 0 aliphatic heterocycles. The highest BCUT2D eigenvalue weighted by Gasteiger charge is 2.47. The van der Waals surface area contributed by atoms with Gasteiger partial charge in [0.25, 0.3) is 0 Å². The SMILES string of the molecule is C=CC[Si](CC=C)(CC=C)CCC[Si](C)(C)O[Si](C)(C(C)C(C)C)C(C)C(C)C. The van der Waals surface area contributed by atoms with Crippen molar-refractivity contribution >= 4 is 24.7 Å². The maximum Gasteiger partial charge on any atom is 0.182 e. The summed E-state index contributed by atoms with van der Waals surface area (Å²) in [7, 11) is -4.96. The summed E-state index contributed by atoms with van der Waals surface area (Å²) in [6.45, 7) is 34.0. The van der Waals surface area contributed by atoms with E-state index < -0.39 is 24.7 Å². The van der Waals surface area contributed by atoms with Gasteiger partial charge in [0.2, 0.25) is 0 Å². The maximum atomic E-state index is 7.30. The van der Waals surface area contributed by atoms with Crippen LogP contribution >= 0.6 is 0 Å². The highest BCUT2D eigenvalue weighted by Crippen LogP contribution is 2.44. The third kappa shape index (κ3) is 8.84. The number of rotatable bonds is 16. The van der Waals surface area contributed by atoms with Gasteiger partial charge in [0.05, 0.1) is 8.07 Å².